The van der Waals surface area contributed by atoms with Gasteiger partial charge in [-0.15, -0.1) is 0 Å². The molecule has 0 unspecified atom stereocenters. The number of pyridine rings is 1. The average molecular weight is 243 g/mol. The highest BCUT2D eigenvalue weighted by atomic mass is 16.4. The molecule has 4 heteroatoms. The van der Waals surface area contributed by atoms with Crippen molar-refractivity contribution in [2.75, 3.05) is 0 Å². The number of fused-ring (bicyclic) bond motifs is 1. The Morgan fingerprint density at radius 2 is 2.06 bits per heavy atom. The lowest BCUT2D eigenvalue weighted by atomic mass is 10.2. The van der Waals surface area contributed by atoms with Crippen LogP contribution in [0.5, 0.6) is 0 Å². The quantitative estimate of drug-likeness (QED) is 0.839. The van der Waals surface area contributed by atoms with Gasteiger partial charge in [-0.1, -0.05) is 12.1 Å². The van der Waals surface area contributed by atoms with Gasteiger partial charge in [0.2, 0.25) is 0 Å². The first kappa shape index (κ1) is 12.1. The Labute approximate surface area is 104 Å². The average Bonchev–Trinajstić information content (AvgIpc) is 2.32. The molecule has 1 heterocycles. The molecule has 92 valence electrons. The summed E-state index contributed by atoms with van der Waals surface area (Å²) in [4.78, 5) is 22.3. The molecule has 0 saturated carbocycles. The second kappa shape index (κ2) is 4.87. The molecule has 1 N–H and O–H groups in total. The van der Waals surface area contributed by atoms with E-state index in [0.717, 1.165) is 11.1 Å². The smallest absolute Gasteiger partial charge is 0.328 e. The lowest BCUT2D eigenvalue weighted by molar-refractivity contribution is -0.131. The van der Waals surface area contributed by atoms with Gasteiger partial charge in [0.15, 0.2) is 5.43 Å². The minimum atomic E-state index is -0.960. The molecule has 0 aliphatic rings. The lowest BCUT2D eigenvalue weighted by Crippen LogP contribution is -2.09. The molecule has 18 heavy (non-hydrogen) atoms. The van der Waals surface area contributed by atoms with Crippen LogP contribution in [0.15, 0.2) is 53.0 Å². The number of para-hydroxylation sites is 1. The molecular weight excluding hydrogens is 230 g/mol. The number of hydrogen-bond donors (Lipinski definition) is 1. The fourth-order valence-electron chi connectivity index (χ4n) is 1.92. The number of allylic oxidation sites excluding steroid dienone is 1. The third-order valence-corrected chi connectivity index (χ3v) is 2.67. The number of aromatic nitrogens is 1. The van der Waals surface area contributed by atoms with E-state index in [1.54, 1.807) is 19.2 Å². The molecule has 0 saturated heterocycles. The number of carboxylic acid groups (broad SMARTS) is 1. The minimum Gasteiger partial charge on any atom is -0.478 e. The van der Waals surface area contributed by atoms with Crippen molar-refractivity contribution in [2.24, 2.45) is 0 Å². The summed E-state index contributed by atoms with van der Waals surface area (Å²) in [6.45, 7) is 2.20. The molecule has 0 aliphatic carbocycles. The number of aliphatic carboxylic acids is 1. The predicted octanol–water partition coefficient (Wildman–Crippen LogP) is 2.03. The van der Waals surface area contributed by atoms with E-state index in [4.69, 9.17) is 5.11 Å². The Morgan fingerprint density at radius 1 is 1.33 bits per heavy atom. The molecule has 0 amide bonds. The molecule has 0 aliphatic heterocycles. The predicted molar refractivity (Wildman–Crippen MR) is 69.6 cm³/mol. The van der Waals surface area contributed by atoms with Crippen molar-refractivity contribution in [2.45, 2.75) is 13.5 Å². The zero-order valence-electron chi connectivity index (χ0n) is 9.96. The molecule has 0 fully saturated rings. The summed E-state index contributed by atoms with van der Waals surface area (Å²) in [5.74, 6) is -0.960. The largest absolute Gasteiger partial charge is 0.478 e. The summed E-state index contributed by atoms with van der Waals surface area (Å²) in [6, 6.07) is 8.79. The molecule has 0 bridgehead atoms. The van der Waals surface area contributed by atoms with Gasteiger partial charge in [0, 0.05) is 30.3 Å². The van der Waals surface area contributed by atoms with Crippen molar-refractivity contribution in [3.05, 3.63) is 58.4 Å². The van der Waals surface area contributed by atoms with Crippen LogP contribution >= 0.6 is 0 Å². The third-order valence-electron chi connectivity index (χ3n) is 2.67. The standard InChI is InChI=1S/C14H13NO3/c1-10(8-14(17)18)9-15-7-6-13(16)11-4-2-3-5-12(11)15/h2-8H,9H2,1H3,(H,17,18). The van der Waals surface area contributed by atoms with E-state index in [-0.39, 0.29) is 5.43 Å². The van der Waals surface area contributed by atoms with Crippen LogP contribution < -0.4 is 5.43 Å². The number of carbonyl (C=O) groups is 1. The van der Waals surface area contributed by atoms with E-state index in [9.17, 15) is 9.59 Å². The maximum absolute atomic E-state index is 11.7. The first-order chi connectivity index (χ1) is 8.58. The third kappa shape index (κ3) is 2.48. The Kier molecular flexibility index (Phi) is 3.28. The molecule has 1 aromatic heterocycles. The second-order valence-corrected chi connectivity index (χ2v) is 4.15. The Bertz CT molecular complexity index is 683. The maximum atomic E-state index is 11.7. The van der Waals surface area contributed by atoms with Crippen molar-refractivity contribution in [1.82, 2.24) is 4.57 Å². The zero-order chi connectivity index (χ0) is 13.1. The number of hydrogen-bond acceptors (Lipinski definition) is 2. The Balaban J connectivity index is 2.50. The van der Waals surface area contributed by atoms with Crippen molar-refractivity contribution in [3.63, 3.8) is 0 Å². The van der Waals surface area contributed by atoms with Crippen molar-refractivity contribution >= 4 is 16.9 Å². The fourth-order valence-corrected chi connectivity index (χ4v) is 1.92. The van der Waals surface area contributed by atoms with Gasteiger partial charge in [-0.3, -0.25) is 4.79 Å². The van der Waals surface area contributed by atoms with Crippen LogP contribution in [0, 0.1) is 0 Å². The van der Waals surface area contributed by atoms with Crippen molar-refractivity contribution in [3.8, 4) is 0 Å². The van der Waals surface area contributed by atoms with Crippen LogP contribution in [-0.2, 0) is 11.3 Å². The Morgan fingerprint density at radius 3 is 2.78 bits per heavy atom. The number of nitrogens with zero attached hydrogens (tertiary/aromatic N) is 1. The van der Waals surface area contributed by atoms with Gasteiger partial charge in [-0.2, -0.15) is 0 Å². The fraction of sp³-hybridized carbons (Fsp3) is 0.143. The highest BCUT2D eigenvalue weighted by Crippen LogP contribution is 2.11. The van der Waals surface area contributed by atoms with Crippen molar-refractivity contribution in [1.29, 1.82) is 0 Å². The number of carboxylic acids is 1. The molecule has 2 rings (SSSR count). The summed E-state index contributed by atoms with van der Waals surface area (Å²) in [6.07, 6.45) is 2.86. The van der Waals surface area contributed by atoms with Gasteiger partial charge >= 0.3 is 5.97 Å². The van der Waals surface area contributed by atoms with Gasteiger partial charge in [0.1, 0.15) is 0 Å². The molecule has 4 nitrogen and oxygen atoms in total. The number of rotatable bonds is 3. The molecule has 2 aromatic rings. The van der Waals surface area contributed by atoms with E-state index >= 15 is 0 Å². The van der Waals surface area contributed by atoms with Gasteiger partial charge in [0.25, 0.3) is 0 Å². The molecular formula is C14H13NO3. The van der Waals surface area contributed by atoms with Gasteiger partial charge in [-0.05, 0) is 24.6 Å². The molecule has 0 radical (unpaired) electrons. The summed E-state index contributed by atoms with van der Waals surface area (Å²) in [5.41, 5.74) is 1.50. The molecule has 0 atom stereocenters. The normalized spacial score (nSPS) is 11.7. The van der Waals surface area contributed by atoms with E-state index in [0.29, 0.717) is 11.9 Å². The lowest BCUT2D eigenvalue weighted by Gasteiger charge is -2.10. The van der Waals surface area contributed by atoms with E-state index in [1.807, 2.05) is 22.8 Å². The van der Waals surface area contributed by atoms with Crippen LogP contribution in [0.4, 0.5) is 0 Å². The summed E-state index contributed by atoms with van der Waals surface area (Å²) < 4.78 is 1.87. The number of benzene rings is 1. The van der Waals surface area contributed by atoms with Gasteiger partial charge < -0.3 is 9.67 Å². The highest BCUT2D eigenvalue weighted by molar-refractivity contribution is 5.81. The van der Waals surface area contributed by atoms with Crippen molar-refractivity contribution < 1.29 is 9.90 Å². The summed E-state index contributed by atoms with van der Waals surface area (Å²) in [7, 11) is 0. The minimum absolute atomic E-state index is 0.0262. The van der Waals surface area contributed by atoms with Crippen LogP contribution in [0.3, 0.4) is 0 Å². The second-order valence-electron chi connectivity index (χ2n) is 4.15. The SMILES string of the molecule is CC(=CC(=O)O)Cn1ccc(=O)c2ccccc21. The van der Waals surface area contributed by atoms with E-state index < -0.39 is 5.97 Å². The first-order valence-electron chi connectivity index (χ1n) is 5.56. The zero-order valence-corrected chi connectivity index (χ0v) is 9.96. The molecule has 0 spiro atoms. The summed E-state index contributed by atoms with van der Waals surface area (Å²) in [5, 5.41) is 9.33. The van der Waals surface area contributed by atoms with Crippen LogP contribution in [0.2, 0.25) is 0 Å². The van der Waals surface area contributed by atoms with Crippen LogP contribution in [0.25, 0.3) is 10.9 Å². The van der Waals surface area contributed by atoms with E-state index in [1.165, 1.54) is 12.1 Å². The highest BCUT2D eigenvalue weighted by Gasteiger charge is 2.02. The Hall–Kier alpha value is -2.36. The van der Waals surface area contributed by atoms with Gasteiger partial charge in [0.05, 0.1) is 5.52 Å². The summed E-state index contributed by atoms with van der Waals surface area (Å²) >= 11 is 0. The molecule has 1 aromatic carbocycles. The van der Waals surface area contributed by atoms with Gasteiger partial charge in [-0.25, -0.2) is 4.79 Å². The monoisotopic (exact) mass is 243 g/mol. The van der Waals surface area contributed by atoms with E-state index in [2.05, 4.69) is 0 Å². The topological polar surface area (TPSA) is 59.3 Å². The first-order valence-corrected chi connectivity index (χ1v) is 5.56. The van der Waals surface area contributed by atoms with Crippen LogP contribution in [0.1, 0.15) is 6.92 Å². The maximum Gasteiger partial charge on any atom is 0.328 e. The van der Waals surface area contributed by atoms with Crippen LogP contribution in [-0.4, -0.2) is 15.6 Å².